The average Bonchev–Trinajstić information content (AvgIpc) is 2.60. The zero-order valence-electron chi connectivity index (χ0n) is 11.7. The van der Waals surface area contributed by atoms with Gasteiger partial charge in [-0.25, -0.2) is 0 Å². The fourth-order valence-electron chi connectivity index (χ4n) is 2.49. The molecule has 0 aromatic carbocycles. The molecule has 3 atom stereocenters. The van der Waals surface area contributed by atoms with E-state index in [1.807, 2.05) is 18.7 Å². The van der Waals surface area contributed by atoms with Gasteiger partial charge in [0.25, 0.3) is 0 Å². The van der Waals surface area contributed by atoms with Gasteiger partial charge in [-0.2, -0.15) is 11.8 Å². The smallest absolute Gasteiger partial charge is 0.244 e. The van der Waals surface area contributed by atoms with E-state index in [0.717, 1.165) is 25.0 Å². The molecule has 0 aliphatic carbocycles. The molecular weight excluding hydrogens is 232 g/mol. The molecule has 1 N–H and O–H groups in total. The van der Waals surface area contributed by atoms with Crippen molar-refractivity contribution in [3.05, 3.63) is 0 Å². The summed E-state index contributed by atoms with van der Waals surface area (Å²) in [4.78, 5) is 14.7. The van der Waals surface area contributed by atoms with Crippen LogP contribution >= 0.6 is 11.8 Å². The summed E-state index contributed by atoms with van der Waals surface area (Å²) in [5, 5.41) is 3.51. The fourth-order valence-corrected chi connectivity index (χ4v) is 3.27. The van der Waals surface area contributed by atoms with Crippen molar-refractivity contribution < 1.29 is 4.79 Å². The first kappa shape index (κ1) is 14.8. The maximum Gasteiger partial charge on any atom is 0.244 e. The third-order valence-corrected chi connectivity index (χ3v) is 4.56. The number of amides is 1. The number of carbonyl (C=O) groups is 1. The second kappa shape index (κ2) is 6.10. The minimum absolute atomic E-state index is 0.213. The molecule has 0 bridgehead atoms. The van der Waals surface area contributed by atoms with Crippen molar-refractivity contribution in [2.75, 3.05) is 12.0 Å². The lowest BCUT2D eigenvalue weighted by atomic mass is 9.99. The molecule has 1 amide bonds. The van der Waals surface area contributed by atoms with Crippen molar-refractivity contribution in [2.24, 2.45) is 0 Å². The van der Waals surface area contributed by atoms with Gasteiger partial charge < -0.3 is 4.90 Å². The van der Waals surface area contributed by atoms with E-state index in [9.17, 15) is 4.79 Å². The van der Waals surface area contributed by atoms with Gasteiger partial charge in [-0.05, 0) is 32.4 Å². The van der Waals surface area contributed by atoms with Crippen molar-refractivity contribution in [1.82, 2.24) is 10.2 Å². The zero-order valence-corrected chi connectivity index (χ0v) is 12.6. The third-order valence-electron chi connectivity index (χ3n) is 3.84. The number of nitrogens with one attached hydrogen (secondary N) is 1. The average molecular weight is 258 g/mol. The monoisotopic (exact) mass is 258 g/mol. The lowest BCUT2D eigenvalue weighted by molar-refractivity contribution is -0.134. The summed E-state index contributed by atoms with van der Waals surface area (Å²) < 4.78 is 0. The summed E-state index contributed by atoms with van der Waals surface area (Å²) in [6.45, 7) is 8.42. The van der Waals surface area contributed by atoms with Crippen LogP contribution in [0.25, 0.3) is 0 Å². The van der Waals surface area contributed by atoms with Crippen LogP contribution in [0.15, 0.2) is 0 Å². The Bertz CT molecular complexity index is 266. The Balaban J connectivity index is 2.91. The van der Waals surface area contributed by atoms with Gasteiger partial charge in [0.05, 0.1) is 11.7 Å². The van der Waals surface area contributed by atoms with Crippen LogP contribution in [0.5, 0.6) is 0 Å². The van der Waals surface area contributed by atoms with Gasteiger partial charge in [-0.1, -0.05) is 20.8 Å². The van der Waals surface area contributed by atoms with Crippen LogP contribution in [-0.2, 0) is 4.79 Å². The second-order valence-electron chi connectivity index (χ2n) is 4.98. The van der Waals surface area contributed by atoms with Gasteiger partial charge in [-0.15, -0.1) is 0 Å². The summed E-state index contributed by atoms with van der Waals surface area (Å²) in [7, 11) is 0. The number of nitrogens with zero attached hydrogens (tertiary/aromatic N) is 1. The van der Waals surface area contributed by atoms with Crippen molar-refractivity contribution in [1.29, 1.82) is 0 Å². The molecule has 4 heteroatoms. The molecule has 1 rings (SSSR count). The van der Waals surface area contributed by atoms with E-state index in [4.69, 9.17) is 0 Å². The van der Waals surface area contributed by atoms with Gasteiger partial charge in [0, 0.05) is 11.8 Å². The van der Waals surface area contributed by atoms with Crippen LogP contribution < -0.4 is 5.32 Å². The minimum atomic E-state index is -0.355. The van der Waals surface area contributed by atoms with E-state index < -0.39 is 0 Å². The lowest BCUT2D eigenvalue weighted by Gasteiger charge is -2.31. The predicted octanol–water partition coefficient (Wildman–Crippen LogP) is 2.46. The van der Waals surface area contributed by atoms with Crippen LogP contribution in [0.3, 0.4) is 0 Å². The molecule has 1 aliphatic rings. The maximum absolute atomic E-state index is 12.6. The first-order chi connectivity index (χ1) is 8.03. The SMILES string of the molecule is CCC(CSC)N1C(=O)C(C)(CC)NC1CC. The van der Waals surface area contributed by atoms with Crippen LogP contribution in [0, 0.1) is 0 Å². The van der Waals surface area contributed by atoms with Crippen LogP contribution in [0.1, 0.15) is 47.0 Å². The molecule has 0 aromatic heterocycles. The Kier molecular flexibility index (Phi) is 5.32. The first-order valence-corrected chi connectivity index (χ1v) is 8.02. The molecule has 1 fully saturated rings. The summed E-state index contributed by atoms with van der Waals surface area (Å²) in [5.74, 6) is 1.31. The highest BCUT2D eigenvalue weighted by molar-refractivity contribution is 7.98. The highest BCUT2D eigenvalue weighted by Crippen LogP contribution is 2.28. The summed E-state index contributed by atoms with van der Waals surface area (Å²) >= 11 is 1.82. The number of hydrogen-bond donors (Lipinski definition) is 1. The predicted molar refractivity (Wildman–Crippen MR) is 75.2 cm³/mol. The Hall–Kier alpha value is -0.220. The molecule has 3 unspecified atom stereocenters. The molecule has 1 heterocycles. The van der Waals surface area contributed by atoms with E-state index in [-0.39, 0.29) is 17.6 Å². The first-order valence-electron chi connectivity index (χ1n) is 6.63. The molecule has 0 saturated carbocycles. The topological polar surface area (TPSA) is 32.3 Å². The molecule has 0 aromatic rings. The summed E-state index contributed by atoms with van der Waals surface area (Å²) in [5.41, 5.74) is -0.355. The van der Waals surface area contributed by atoms with E-state index in [0.29, 0.717) is 6.04 Å². The molecule has 1 saturated heterocycles. The normalized spacial score (nSPS) is 31.0. The highest BCUT2D eigenvalue weighted by atomic mass is 32.2. The molecule has 0 spiro atoms. The number of rotatable bonds is 6. The van der Waals surface area contributed by atoms with Crippen molar-refractivity contribution >= 4 is 17.7 Å². The minimum Gasteiger partial charge on any atom is -0.322 e. The van der Waals surface area contributed by atoms with Gasteiger partial charge in [0.2, 0.25) is 5.91 Å². The van der Waals surface area contributed by atoms with Gasteiger partial charge in [0.15, 0.2) is 0 Å². The molecule has 17 heavy (non-hydrogen) atoms. The van der Waals surface area contributed by atoms with Crippen LogP contribution in [0.4, 0.5) is 0 Å². The quantitative estimate of drug-likeness (QED) is 0.794. The summed E-state index contributed by atoms with van der Waals surface area (Å²) in [6, 6.07) is 0.364. The molecule has 3 nitrogen and oxygen atoms in total. The van der Waals surface area contributed by atoms with E-state index in [2.05, 4.69) is 37.2 Å². The second-order valence-corrected chi connectivity index (χ2v) is 5.89. The largest absolute Gasteiger partial charge is 0.322 e. The Labute approximate surface area is 110 Å². The van der Waals surface area contributed by atoms with Crippen LogP contribution in [0.2, 0.25) is 0 Å². The number of thioether (sulfide) groups is 1. The summed E-state index contributed by atoms with van der Waals surface area (Å²) in [6.07, 6.45) is 5.19. The van der Waals surface area contributed by atoms with E-state index >= 15 is 0 Å². The van der Waals surface area contributed by atoms with E-state index in [1.165, 1.54) is 0 Å². The fraction of sp³-hybridized carbons (Fsp3) is 0.923. The molecular formula is C13H26N2OS. The van der Waals surface area contributed by atoms with Gasteiger partial charge in [-0.3, -0.25) is 10.1 Å². The number of carbonyl (C=O) groups excluding carboxylic acids is 1. The maximum atomic E-state index is 12.6. The third kappa shape index (κ3) is 2.79. The van der Waals surface area contributed by atoms with Crippen LogP contribution in [-0.4, -0.2) is 40.6 Å². The van der Waals surface area contributed by atoms with Crippen molar-refractivity contribution in [3.8, 4) is 0 Å². The molecule has 100 valence electrons. The van der Waals surface area contributed by atoms with Gasteiger partial charge >= 0.3 is 0 Å². The van der Waals surface area contributed by atoms with Crippen molar-refractivity contribution in [2.45, 2.75) is 64.7 Å². The highest BCUT2D eigenvalue weighted by Gasteiger charge is 2.47. The molecule has 0 radical (unpaired) electrons. The van der Waals surface area contributed by atoms with E-state index in [1.54, 1.807) is 0 Å². The number of hydrogen-bond acceptors (Lipinski definition) is 3. The Morgan fingerprint density at radius 2 is 2.12 bits per heavy atom. The van der Waals surface area contributed by atoms with Gasteiger partial charge in [0.1, 0.15) is 0 Å². The zero-order chi connectivity index (χ0) is 13.1. The Morgan fingerprint density at radius 1 is 1.47 bits per heavy atom. The Morgan fingerprint density at radius 3 is 2.53 bits per heavy atom. The molecule has 1 aliphatic heterocycles. The van der Waals surface area contributed by atoms with Crippen molar-refractivity contribution in [3.63, 3.8) is 0 Å². The lowest BCUT2D eigenvalue weighted by Crippen LogP contribution is -2.46. The standard InChI is InChI=1S/C13H26N2OS/c1-6-10(9-17-5)15-11(7-2)14-13(4,8-3)12(15)16/h10-11,14H,6-9H2,1-5H3.